The maximum atomic E-state index is 11.1. The lowest BCUT2D eigenvalue weighted by Gasteiger charge is -2.30. The number of aryl methyl sites for hydroxylation is 2. The quantitative estimate of drug-likeness (QED) is 0.731. The number of hydrogen-bond donors (Lipinski definition) is 1. The summed E-state index contributed by atoms with van der Waals surface area (Å²) in [5, 5.41) is 18.0. The van der Waals surface area contributed by atoms with Crippen molar-refractivity contribution in [2.24, 2.45) is 5.41 Å². The molecule has 0 aliphatic heterocycles. The highest BCUT2D eigenvalue weighted by molar-refractivity contribution is 5.88. The van der Waals surface area contributed by atoms with Crippen molar-refractivity contribution in [3.8, 4) is 23.0 Å². The van der Waals surface area contributed by atoms with Gasteiger partial charge in [-0.3, -0.25) is 4.68 Å². The molecule has 7 nitrogen and oxygen atoms in total. The number of benzene rings is 1. The lowest BCUT2D eigenvalue weighted by atomic mass is 9.76. The number of carboxylic acid groups (broad SMARTS) is 1. The van der Waals surface area contributed by atoms with Gasteiger partial charge in [-0.15, -0.1) is 0 Å². The van der Waals surface area contributed by atoms with Gasteiger partial charge in [-0.25, -0.2) is 4.79 Å². The molecule has 0 fully saturated rings. The maximum Gasteiger partial charge on any atom is 0.335 e. The van der Waals surface area contributed by atoms with Gasteiger partial charge >= 0.3 is 5.97 Å². The van der Waals surface area contributed by atoms with Gasteiger partial charge in [0.1, 0.15) is 0 Å². The normalized spacial score (nSPS) is 15.4. The topological polar surface area (TPSA) is 94.0 Å². The number of rotatable bonds is 4. The lowest BCUT2D eigenvalue weighted by Crippen LogP contribution is -2.24. The van der Waals surface area contributed by atoms with Crippen molar-refractivity contribution in [1.29, 1.82) is 0 Å². The third-order valence-corrected chi connectivity index (χ3v) is 5.51. The summed E-state index contributed by atoms with van der Waals surface area (Å²) in [4.78, 5) is 15.7. The van der Waals surface area contributed by atoms with Crippen LogP contribution in [-0.4, -0.2) is 31.0 Å². The van der Waals surface area contributed by atoms with E-state index in [9.17, 15) is 4.79 Å². The zero-order valence-electron chi connectivity index (χ0n) is 16.6. The summed E-state index contributed by atoms with van der Waals surface area (Å²) in [6.07, 6.45) is 3.03. The molecule has 1 N–H and O–H groups in total. The predicted molar refractivity (Wildman–Crippen MR) is 104 cm³/mol. The first-order valence-electron chi connectivity index (χ1n) is 9.56. The molecule has 0 bridgehead atoms. The molecule has 2 aromatic heterocycles. The van der Waals surface area contributed by atoms with E-state index in [1.807, 2.05) is 11.6 Å². The smallest absolute Gasteiger partial charge is 0.335 e. The zero-order valence-corrected chi connectivity index (χ0v) is 16.6. The molecule has 1 aliphatic carbocycles. The van der Waals surface area contributed by atoms with E-state index >= 15 is 0 Å². The van der Waals surface area contributed by atoms with Gasteiger partial charge in [-0.05, 0) is 62.3 Å². The van der Waals surface area contributed by atoms with Crippen LogP contribution in [0, 0.1) is 12.3 Å². The predicted octanol–water partition coefficient (Wildman–Crippen LogP) is 4.14. The summed E-state index contributed by atoms with van der Waals surface area (Å²) in [7, 11) is 0. The van der Waals surface area contributed by atoms with Crippen LogP contribution in [0.15, 0.2) is 22.7 Å². The van der Waals surface area contributed by atoms with Crippen LogP contribution in [0.1, 0.15) is 54.4 Å². The van der Waals surface area contributed by atoms with Crippen molar-refractivity contribution in [2.75, 3.05) is 0 Å². The minimum absolute atomic E-state index is 0.239. The van der Waals surface area contributed by atoms with Crippen LogP contribution < -0.4 is 0 Å². The van der Waals surface area contributed by atoms with E-state index in [0.29, 0.717) is 11.7 Å². The van der Waals surface area contributed by atoms with Crippen molar-refractivity contribution in [3.63, 3.8) is 0 Å². The van der Waals surface area contributed by atoms with Gasteiger partial charge in [-0.2, -0.15) is 10.1 Å². The molecule has 4 rings (SSSR count). The second-order valence-corrected chi connectivity index (χ2v) is 8.19. The summed E-state index contributed by atoms with van der Waals surface area (Å²) in [5.74, 6) is -0.0941. The summed E-state index contributed by atoms with van der Waals surface area (Å²) < 4.78 is 7.60. The summed E-state index contributed by atoms with van der Waals surface area (Å²) >= 11 is 0. The van der Waals surface area contributed by atoms with Gasteiger partial charge in [0.25, 0.3) is 5.89 Å². The largest absolute Gasteiger partial charge is 0.478 e. The van der Waals surface area contributed by atoms with Crippen molar-refractivity contribution in [1.82, 2.24) is 19.9 Å². The first kappa shape index (κ1) is 18.4. The number of carboxylic acids is 1. The van der Waals surface area contributed by atoms with Crippen LogP contribution in [-0.2, 0) is 19.4 Å². The zero-order chi connectivity index (χ0) is 20.1. The highest BCUT2D eigenvalue weighted by Crippen LogP contribution is 2.39. The van der Waals surface area contributed by atoms with E-state index in [1.165, 1.54) is 11.3 Å². The number of hydrogen-bond acceptors (Lipinski definition) is 5. The molecule has 7 heteroatoms. The molecule has 28 heavy (non-hydrogen) atoms. The van der Waals surface area contributed by atoms with Gasteiger partial charge in [0.05, 0.1) is 5.56 Å². The van der Waals surface area contributed by atoms with Crippen molar-refractivity contribution < 1.29 is 14.4 Å². The Kier molecular flexibility index (Phi) is 4.33. The van der Waals surface area contributed by atoms with Gasteiger partial charge in [0, 0.05) is 23.4 Å². The molecular formula is C21H24N4O3. The molecule has 0 amide bonds. The molecule has 0 radical (unpaired) electrons. The number of fused-ring (bicyclic) bond motifs is 1. The SMILES string of the molecule is CCn1nc(-c2nc(-c3ccc(C(=O)O)cc3C)no2)c2c1CC(C)(C)CC2. The van der Waals surface area contributed by atoms with Gasteiger partial charge in [0.15, 0.2) is 5.69 Å². The van der Waals surface area contributed by atoms with E-state index in [2.05, 4.69) is 30.9 Å². The average molecular weight is 380 g/mol. The fourth-order valence-corrected chi connectivity index (χ4v) is 3.91. The second-order valence-electron chi connectivity index (χ2n) is 8.19. The van der Waals surface area contributed by atoms with E-state index in [-0.39, 0.29) is 11.0 Å². The van der Waals surface area contributed by atoms with Crippen LogP contribution in [0.3, 0.4) is 0 Å². The van der Waals surface area contributed by atoms with E-state index in [4.69, 9.17) is 14.7 Å². The molecule has 0 atom stereocenters. The Hall–Kier alpha value is -2.96. The molecule has 1 aromatic carbocycles. The van der Waals surface area contributed by atoms with Gasteiger partial charge in [-0.1, -0.05) is 19.0 Å². The standard InChI is InChI=1S/C21H24N4O3/c1-5-25-16-11-21(3,4)9-8-15(16)17(23-25)19-22-18(24-28-19)14-7-6-13(20(26)27)10-12(14)2/h6-7,10H,5,8-9,11H2,1-4H3,(H,26,27). The molecule has 1 aliphatic rings. The Morgan fingerprint density at radius 3 is 2.82 bits per heavy atom. The van der Waals surface area contributed by atoms with E-state index in [1.54, 1.807) is 18.2 Å². The van der Waals surface area contributed by atoms with Crippen LogP contribution in [0.2, 0.25) is 0 Å². The minimum Gasteiger partial charge on any atom is -0.478 e. The van der Waals surface area contributed by atoms with Crippen molar-refractivity contribution in [3.05, 3.63) is 40.6 Å². The van der Waals surface area contributed by atoms with Crippen molar-refractivity contribution >= 4 is 5.97 Å². The number of nitrogens with zero attached hydrogens (tertiary/aromatic N) is 4. The summed E-state index contributed by atoms with van der Waals surface area (Å²) in [6, 6.07) is 4.88. The third-order valence-electron chi connectivity index (χ3n) is 5.51. The highest BCUT2D eigenvalue weighted by Gasteiger charge is 2.32. The lowest BCUT2D eigenvalue weighted by molar-refractivity contribution is 0.0697. The number of aromatic nitrogens is 4. The number of carbonyl (C=O) groups is 1. The third kappa shape index (κ3) is 3.10. The Bertz CT molecular complexity index is 1060. The molecule has 3 aromatic rings. The molecule has 0 unspecified atom stereocenters. The van der Waals surface area contributed by atoms with Gasteiger partial charge in [0.2, 0.25) is 5.82 Å². The van der Waals surface area contributed by atoms with Crippen LogP contribution in [0.25, 0.3) is 23.0 Å². The number of aromatic carboxylic acids is 1. The monoisotopic (exact) mass is 380 g/mol. The molecule has 0 saturated heterocycles. The molecule has 0 saturated carbocycles. The first-order chi connectivity index (χ1) is 13.3. The summed E-state index contributed by atoms with van der Waals surface area (Å²) in [5.41, 5.74) is 5.28. The summed E-state index contributed by atoms with van der Waals surface area (Å²) in [6.45, 7) is 9.31. The van der Waals surface area contributed by atoms with Crippen LogP contribution >= 0.6 is 0 Å². The first-order valence-corrected chi connectivity index (χ1v) is 9.56. The van der Waals surface area contributed by atoms with Crippen molar-refractivity contribution in [2.45, 2.75) is 53.5 Å². The van der Waals surface area contributed by atoms with Gasteiger partial charge < -0.3 is 9.63 Å². The highest BCUT2D eigenvalue weighted by atomic mass is 16.5. The molecule has 2 heterocycles. The molecular weight excluding hydrogens is 356 g/mol. The molecule has 146 valence electrons. The van der Waals surface area contributed by atoms with Crippen LogP contribution in [0.5, 0.6) is 0 Å². The minimum atomic E-state index is -0.955. The Morgan fingerprint density at radius 2 is 2.14 bits per heavy atom. The Labute approximate surface area is 163 Å². The average Bonchev–Trinajstić information content (AvgIpc) is 3.24. The van der Waals surface area contributed by atoms with E-state index in [0.717, 1.165) is 42.6 Å². The fraction of sp³-hybridized carbons (Fsp3) is 0.429. The Morgan fingerprint density at radius 1 is 1.36 bits per heavy atom. The van der Waals surface area contributed by atoms with Crippen LogP contribution in [0.4, 0.5) is 0 Å². The fourth-order valence-electron chi connectivity index (χ4n) is 3.91. The molecule has 0 spiro atoms. The van der Waals surface area contributed by atoms with E-state index < -0.39 is 5.97 Å². The second kappa shape index (κ2) is 6.58. The Balaban J connectivity index is 1.73. The maximum absolute atomic E-state index is 11.1.